The van der Waals surface area contributed by atoms with E-state index in [0.717, 1.165) is 31.4 Å². The van der Waals surface area contributed by atoms with Crippen molar-refractivity contribution in [2.24, 2.45) is 0 Å². The van der Waals surface area contributed by atoms with Crippen molar-refractivity contribution in [1.82, 2.24) is 4.72 Å². The van der Waals surface area contributed by atoms with Crippen LogP contribution < -0.4 is 10.0 Å². The van der Waals surface area contributed by atoms with Crippen molar-refractivity contribution in [3.63, 3.8) is 0 Å². The number of benzene rings is 1. The second-order valence-electron chi connectivity index (χ2n) is 5.52. The van der Waals surface area contributed by atoms with Crippen LogP contribution in [0.5, 0.6) is 0 Å². The van der Waals surface area contributed by atoms with E-state index in [4.69, 9.17) is 0 Å². The summed E-state index contributed by atoms with van der Waals surface area (Å²) in [6.07, 6.45) is 6.63. The first kappa shape index (κ1) is 12.9. The molecule has 0 radical (unpaired) electrons. The highest BCUT2D eigenvalue weighted by Crippen LogP contribution is 2.28. The molecule has 2 aliphatic carbocycles. The van der Waals surface area contributed by atoms with Gasteiger partial charge in [0.2, 0.25) is 10.0 Å². The zero-order valence-electron chi connectivity index (χ0n) is 10.9. The Morgan fingerprint density at radius 2 is 1.63 bits per heavy atom. The highest BCUT2D eigenvalue weighted by molar-refractivity contribution is 7.89. The molecule has 2 fully saturated rings. The summed E-state index contributed by atoms with van der Waals surface area (Å²) in [6, 6.07) is 7.76. The first-order chi connectivity index (χ1) is 9.15. The Hall–Kier alpha value is -1.07. The molecule has 1 aromatic carbocycles. The van der Waals surface area contributed by atoms with Crippen molar-refractivity contribution in [3.8, 4) is 0 Å². The fraction of sp³-hybridized carbons (Fsp3) is 0.571. The van der Waals surface area contributed by atoms with Gasteiger partial charge in [0, 0.05) is 12.1 Å². The standard InChI is InChI=1S/C14H20N2O2S/c17-19(18,16-12-9-10-12)14-8-4-3-7-13(14)15-11-5-1-2-6-11/h3-4,7-8,11-12,15-16H,1-2,5-6,9-10H2. The van der Waals surface area contributed by atoms with Gasteiger partial charge in [-0.2, -0.15) is 0 Å². The fourth-order valence-corrected chi connectivity index (χ4v) is 4.07. The number of rotatable bonds is 5. The van der Waals surface area contributed by atoms with E-state index in [2.05, 4.69) is 10.0 Å². The molecule has 5 heteroatoms. The van der Waals surface area contributed by atoms with E-state index in [9.17, 15) is 8.42 Å². The Balaban J connectivity index is 1.83. The minimum atomic E-state index is -3.38. The van der Waals surface area contributed by atoms with Gasteiger partial charge in [0.1, 0.15) is 4.90 Å². The molecule has 2 saturated carbocycles. The van der Waals surface area contributed by atoms with Crippen LogP contribution in [0.1, 0.15) is 38.5 Å². The van der Waals surface area contributed by atoms with Gasteiger partial charge in [0.05, 0.1) is 5.69 Å². The topological polar surface area (TPSA) is 58.2 Å². The summed E-state index contributed by atoms with van der Waals surface area (Å²) in [5, 5.41) is 3.39. The van der Waals surface area contributed by atoms with E-state index in [1.807, 2.05) is 12.1 Å². The minimum absolute atomic E-state index is 0.143. The molecule has 3 rings (SSSR count). The summed E-state index contributed by atoms with van der Waals surface area (Å²) >= 11 is 0. The molecular weight excluding hydrogens is 260 g/mol. The SMILES string of the molecule is O=S(=O)(NC1CC1)c1ccccc1NC1CCCC1. The van der Waals surface area contributed by atoms with Crippen LogP contribution in [0, 0.1) is 0 Å². The Bertz CT molecular complexity index is 546. The third-order valence-electron chi connectivity index (χ3n) is 3.79. The third kappa shape index (κ3) is 3.09. The molecule has 2 N–H and O–H groups in total. The maximum atomic E-state index is 12.3. The van der Waals surface area contributed by atoms with E-state index >= 15 is 0 Å². The van der Waals surface area contributed by atoms with Crippen molar-refractivity contribution in [3.05, 3.63) is 24.3 Å². The van der Waals surface area contributed by atoms with E-state index in [0.29, 0.717) is 10.9 Å². The number of anilines is 1. The Morgan fingerprint density at radius 1 is 0.947 bits per heavy atom. The van der Waals surface area contributed by atoms with Crippen molar-refractivity contribution >= 4 is 15.7 Å². The van der Waals surface area contributed by atoms with Gasteiger partial charge in [-0.1, -0.05) is 25.0 Å². The van der Waals surface area contributed by atoms with Crippen LogP contribution in [0.4, 0.5) is 5.69 Å². The lowest BCUT2D eigenvalue weighted by Gasteiger charge is -2.17. The van der Waals surface area contributed by atoms with Gasteiger partial charge in [-0.25, -0.2) is 13.1 Å². The molecule has 0 aromatic heterocycles. The normalized spacial score (nSPS) is 20.6. The molecule has 0 amide bonds. The summed E-state index contributed by atoms with van der Waals surface area (Å²) in [6.45, 7) is 0. The lowest BCUT2D eigenvalue weighted by Crippen LogP contribution is -2.27. The Labute approximate surface area is 114 Å². The number of nitrogens with one attached hydrogen (secondary N) is 2. The van der Waals surface area contributed by atoms with Crippen LogP contribution in [0.25, 0.3) is 0 Å². The average molecular weight is 280 g/mol. The van der Waals surface area contributed by atoms with Crippen LogP contribution in [0.15, 0.2) is 29.2 Å². The molecule has 0 saturated heterocycles. The molecule has 0 bridgehead atoms. The van der Waals surface area contributed by atoms with Crippen LogP contribution in [-0.2, 0) is 10.0 Å². The monoisotopic (exact) mass is 280 g/mol. The summed E-state index contributed by atoms with van der Waals surface area (Å²) in [4.78, 5) is 0.383. The molecule has 0 aliphatic heterocycles. The molecule has 0 spiro atoms. The quantitative estimate of drug-likeness (QED) is 0.871. The van der Waals surface area contributed by atoms with E-state index in [1.165, 1.54) is 12.8 Å². The van der Waals surface area contributed by atoms with Crippen LogP contribution in [-0.4, -0.2) is 20.5 Å². The highest BCUT2D eigenvalue weighted by Gasteiger charge is 2.29. The van der Waals surface area contributed by atoms with E-state index < -0.39 is 10.0 Å². The number of hydrogen-bond donors (Lipinski definition) is 2. The zero-order chi connectivity index (χ0) is 13.3. The predicted octanol–water partition coefficient (Wildman–Crippen LogP) is 2.48. The van der Waals surface area contributed by atoms with Crippen LogP contribution in [0.3, 0.4) is 0 Å². The maximum Gasteiger partial charge on any atom is 0.242 e. The average Bonchev–Trinajstić information content (AvgIpc) is 3.03. The molecule has 0 atom stereocenters. The molecular formula is C14H20N2O2S. The molecule has 0 unspecified atom stereocenters. The summed E-state index contributed by atoms with van der Waals surface area (Å²) in [7, 11) is -3.38. The van der Waals surface area contributed by atoms with Crippen molar-refractivity contribution in [1.29, 1.82) is 0 Å². The molecule has 4 nitrogen and oxygen atoms in total. The van der Waals surface area contributed by atoms with Gasteiger partial charge < -0.3 is 5.32 Å². The summed E-state index contributed by atoms with van der Waals surface area (Å²) in [5.41, 5.74) is 0.738. The Morgan fingerprint density at radius 3 is 2.32 bits per heavy atom. The fourth-order valence-electron chi connectivity index (χ4n) is 2.59. The predicted molar refractivity (Wildman–Crippen MR) is 75.7 cm³/mol. The molecule has 0 heterocycles. The largest absolute Gasteiger partial charge is 0.381 e. The zero-order valence-corrected chi connectivity index (χ0v) is 11.7. The number of hydrogen-bond acceptors (Lipinski definition) is 3. The van der Waals surface area contributed by atoms with Gasteiger partial charge in [-0.15, -0.1) is 0 Å². The molecule has 1 aromatic rings. The minimum Gasteiger partial charge on any atom is -0.381 e. The third-order valence-corrected chi connectivity index (χ3v) is 5.37. The van der Waals surface area contributed by atoms with Crippen LogP contribution in [0.2, 0.25) is 0 Å². The summed E-state index contributed by atoms with van der Waals surface area (Å²) in [5.74, 6) is 0. The number of sulfonamides is 1. The van der Waals surface area contributed by atoms with E-state index in [1.54, 1.807) is 12.1 Å². The van der Waals surface area contributed by atoms with Gasteiger partial charge >= 0.3 is 0 Å². The van der Waals surface area contributed by atoms with Gasteiger partial charge in [0.15, 0.2) is 0 Å². The Kier molecular flexibility index (Phi) is 3.50. The number of para-hydroxylation sites is 1. The summed E-state index contributed by atoms with van der Waals surface area (Å²) < 4.78 is 27.4. The first-order valence-electron chi connectivity index (χ1n) is 7.03. The molecule has 104 valence electrons. The second-order valence-corrected chi connectivity index (χ2v) is 7.20. The van der Waals surface area contributed by atoms with Gasteiger partial charge in [0.25, 0.3) is 0 Å². The van der Waals surface area contributed by atoms with Gasteiger partial charge in [-0.3, -0.25) is 0 Å². The smallest absolute Gasteiger partial charge is 0.242 e. The van der Waals surface area contributed by atoms with Crippen molar-refractivity contribution in [2.45, 2.75) is 55.5 Å². The second kappa shape index (κ2) is 5.13. The van der Waals surface area contributed by atoms with Crippen LogP contribution >= 0.6 is 0 Å². The van der Waals surface area contributed by atoms with E-state index in [-0.39, 0.29) is 6.04 Å². The lowest BCUT2D eigenvalue weighted by molar-refractivity contribution is 0.581. The molecule has 2 aliphatic rings. The maximum absolute atomic E-state index is 12.3. The lowest BCUT2D eigenvalue weighted by atomic mass is 10.2. The van der Waals surface area contributed by atoms with Crippen molar-refractivity contribution in [2.75, 3.05) is 5.32 Å². The molecule has 19 heavy (non-hydrogen) atoms. The van der Waals surface area contributed by atoms with Gasteiger partial charge in [-0.05, 0) is 37.8 Å². The first-order valence-corrected chi connectivity index (χ1v) is 8.51. The highest BCUT2D eigenvalue weighted by atomic mass is 32.2. The van der Waals surface area contributed by atoms with Crippen molar-refractivity contribution < 1.29 is 8.42 Å².